The van der Waals surface area contributed by atoms with Crippen molar-refractivity contribution in [3.63, 3.8) is 0 Å². The lowest BCUT2D eigenvalue weighted by molar-refractivity contribution is 0.0479. The molecule has 1 N–H and O–H groups in total. The third-order valence-electron chi connectivity index (χ3n) is 4.94. The number of hydrogen-bond donors (Lipinski definition) is 1. The first-order chi connectivity index (χ1) is 10.2. The fourth-order valence-electron chi connectivity index (χ4n) is 3.77. The molecule has 3 nitrogen and oxygen atoms in total. The zero-order valence-electron chi connectivity index (χ0n) is 12.7. The Hall–Kier alpha value is -0.580. The molecule has 0 spiro atoms. The molecule has 2 bridgehead atoms. The van der Waals surface area contributed by atoms with E-state index in [1.54, 1.807) is 0 Å². The van der Waals surface area contributed by atoms with E-state index < -0.39 is 0 Å². The Bertz CT molecular complexity index is 454. The van der Waals surface area contributed by atoms with Gasteiger partial charge in [-0.3, -0.25) is 0 Å². The molecule has 2 saturated heterocycles. The summed E-state index contributed by atoms with van der Waals surface area (Å²) in [6.07, 6.45) is 6.76. The van der Waals surface area contributed by atoms with Crippen LogP contribution in [0.5, 0.6) is 5.75 Å². The number of benzene rings is 1. The normalized spacial score (nSPS) is 29.3. The van der Waals surface area contributed by atoms with Crippen molar-refractivity contribution in [1.29, 1.82) is 0 Å². The van der Waals surface area contributed by atoms with E-state index >= 15 is 0 Å². The van der Waals surface area contributed by atoms with Crippen LogP contribution in [0.15, 0.2) is 28.7 Å². The zero-order chi connectivity index (χ0) is 14.7. The maximum Gasteiger partial charge on any atom is 0.120 e. The third kappa shape index (κ3) is 3.99. The molecule has 2 aliphatic heterocycles. The van der Waals surface area contributed by atoms with Gasteiger partial charge in [0.1, 0.15) is 12.4 Å². The molecule has 116 valence electrons. The van der Waals surface area contributed by atoms with Gasteiger partial charge in [-0.25, -0.2) is 0 Å². The van der Waals surface area contributed by atoms with E-state index in [-0.39, 0.29) is 0 Å². The maximum atomic E-state index is 5.79. The van der Waals surface area contributed by atoms with Gasteiger partial charge < -0.3 is 15.0 Å². The van der Waals surface area contributed by atoms with Crippen LogP contribution in [0.2, 0.25) is 0 Å². The molecule has 1 aromatic carbocycles. The van der Waals surface area contributed by atoms with E-state index in [1.807, 2.05) is 24.3 Å². The largest absolute Gasteiger partial charge is 0.492 e. The van der Waals surface area contributed by atoms with Crippen molar-refractivity contribution in [3.05, 3.63) is 28.7 Å². The van der Waals surface area contributed by atoms with E-state index in [1.165, 1.54) is 32.1 Å². The maximum absolute atomic E-state index is 5.79. The van der Waals surface area contributed by atoms with Gasteiger partial charge in [0.05, 0.1) is 0 Å². The molecule has 21 heavy (non-hydrogen) atoms. The second-order valence-corrected chi connectivity index (χ2v) is 7.25. The van der Waals surface area contributed by atoms with Crippen LogP contribution in [0, 0.1) is 0 Å². The van der Waals surface area contributed by atoms with Crippen molar-refractivity contribution < 1.29 is 4.74 Å². The summed E-state index contributed by atoms with van der Waals surface area (Å²) in [6, 6.07) is 10.3. The summed E-state index contributed by atoms with van der Waals surface area (Å²) in [5.74, 6) is 0.937. The molecule has 0 saturated carbocycles. The molecule has 3 rings (SSSR count). The SMILES string of the molecule is CN1C2CCCC1CC(NCCOc1cccc(Br)c1)C2. The second kappa shape index (κ2) is 7.12. The van der Waals surface area contributed by atoms with E-state index in [4.69, 9.17) is 4.74 Å². The standard InChI is InChI=1S/C17H25BrN2O/c1-20-15-5-3-6-16(20)12-14(11-15)19-8-9-21-17-7-2-4-13(18)10-17/h2,4,7,10,14-16,19H,3,5-6,8-9,11-12H2,1H3. The monoisotopic (exact) mass is 352 g/mol. The van der Waals surface area contributed by atoms with Gasteiger partial charge >= 0.3 is 0 Å². The number of nitrogens with zero attached hydrogens (tertiary/aromatic N) is 1. The van der Waals surface area contributed by atoms with Crippen molar-refractivity contribution in [3.8, 4) is 5.75 Å². The lowest BCUT2D eigenvalue weighted by atomic mass is 9.82. The highest BCUT2D eigenvalue weighted by atomic mass is 79.9. The van der Waals surface area contributed by atoms with Gasteiger partial charge in [0.15, 0.2) is 0 Å². The Morgan fingerprint density at radius 3 is 2.76 bits per heavy atom. The minimum atomic E-state index is 0.669. The number of fused-ring (bicyclic) bond motifs is 2. The van der Waals surface area contributed by atoms with Crippen LogP contribution in [-0.2, 0) is 0 Å². The van der Waals surface area contributed by atoms with E-state index in [0.717, 1.165) is 35.5 Å². The number of piperidine rings is 2. The molecule has 2 aliphatic rings. The van der Waals surface area contributed by atoms with Crippen molar-refractivity contribution in [2.45, 2.75) is 50.2 Å². The van der Waals surface area contributed by atoms with E-state index in [9.17, 15) is 0 Å². The number of hydrogen-bond acceptors (Lipinski definition) is 3. The highest BCUT2D eigenvalue weighted by Gasteiger charge is 2.35. The Labute approximate surface area is 136 Å². The Kier molecular flexibility index (Phi) is 5.19. The summed E-state index contributed by atoms with van der Waals surface area (Å²) < 4.78 is 6.86. The van der Waals surface area contributed by atoms with Gasteiger partial charge in [-0.05, 0) is 50.9 Å². The van der Waals surface area contributed by atoms with Crippen molar-refractivity contribution in [2.24, 2.45) is 0 Å². The predicted molar refractivity (Wildman–Crippen MR) is 89.9 cm³/mol. The number of nitrogens with one attached hydrogen (secondary N) is 1. The third-order valence-corrected chi connectivity index (χ3v) is 5.43. The van der Waals surface area contributed by atoms with Crippen LogP contribution >= 0.6 is 15.9 Å². The topological polar surface area (TPSA) is 24.5 Å². The van der Waals surface area contributed by atoms with Crippen LogP contribution in [0.4, 0.5) is 0 Å². The molecule has 0 aliphatic carbocycles. The zero-order valence-corrected chi connectivity index (χ0v) is 14.3. The summed E-state index contributed by atoms with van der Waals surface area (Å²) in [4.78, 5) is 2.61. The van der Waals surface area contributed by atoms with Gasteiger partial charge in [0, 0.05) is 29.1 Å². The molecule has 2 unspecified atom stereocenters. The molecular formula is C17H25BrN2O. The average molecular weight is 353 g/mol. The van der Waals surface area contributed by atoms with E-state index in [0.29, 0.717) is 6.04 Å². The summed E-state index contributed by atoms with van der Waals surface area (Å²) in [7, 11) is 2.31. The van der Waals surface area contributed by atoms with Crippen LogP contribution < -0.4 is 10.1 Å². The summed E-state index contributed by atoms with van der Waals surface area (Å²) >= 11 is 3.47. The molecule has 2 atom stereocenters. The number of rotatable bonds is 5. The fourth-order valence-corrected chi connectivity index (χ4v) is 4.15. The van der Waals surface area contributed by atoms with E-state index in [2.05, 4.69) is 33.2 Å². The first-order valence-corrected chi connectivity index (χ1v) is 8.85. The predicted octanol–water partition coefficient (Wildman–Crippen LogP) is 3.43. The lowest BCUT2D eigenvalue weighted by Gasteiger charge is -2.47. The van der Waals surface area contributed by atoms with Gasteiger partial charge in [0.2, 0.25) is 0 Å². The molecule has 2 heterocycles. The minimum Gasteiger partial charge on any atom is -0.492 e. The highest BCUT2D eigenvalue weighted by Crippen LogP contribution is 2.32. The summed E-state index contributed by atoms with van der Waals surface area (Å²) in [5.41, 5.74) is 0. The van der Waals surface area contributed by atoms with Gasteiger partial charge in [-0.1, -0.05) is 28.4 Å². The molecular weight excluding hydrogens is 328 g/mol. The van der Waals surface area contributed by atoms with Crippen LogP contribution in [0.25, 0.3) is 0 Å². The number of ether oxygens (including phenoxy) is 1. The molecule has 0 aromatic heterocycles. The summed E-state index contributed by atoms with van der Waals surface area (Å²) in [6.45, 7) is 1.67. The first-order valence-electron chi connectivity index (χ1n) is 8.06. The molecule has 4 heteroatoms. The smallest absolute Gasteiger partial charge is 0.120 e. The molecule has 0 radical (unpaired) electrons. The Morgan fingerprint density at radius 1 is 1.29 bits per heavy atom. The quantitative estimate of drug-likeness (QED) is 0.821. The van der Waals surface area contributed by atoms with Crippen LogP contribution in [0.1, 0.15) is 32.1 Å². The average Bonchev–Trinajstić information content (AvgIpc) is 2.44. The van der Waals surface area contributed by atoms with Crippen LogP contribution in [-0.4, -0.2) is 43.2 Å². The highest BCUT2D eigenvalue weighted by molar-refractivity contribution is 9.10. The van der Waals surface area contributed by atoms with Crippen molar-refractivity contribution in [2.75, 3.05) is 20.2 Å². The van der Waals surface area contributed by atoms with Gasteiger partial charge in [-0.2, -0.15) is 0 Å². The minimum absolute atomic E-state index is 0.669. The lowest BCUT2D eigenvalue weighted by Crippen LogP contribution is -2.54. The molecule has 0 amide bonds. The first kappa shape index (κ1) is 15.3. The second-order valence-electron chi connectivity index (χ2n) is 6.33. The molecule has 1 aromatic rings. The Morgan fingerprint density at radius 2 is 2.05 bits per heavy atom. The fraction of sp³-hybridized carbons (Fsp3) is 0.647. The van der Waals surface area contributed by atoms with Crippen molar-refractivity contribution >= 4 is 15.9 Å². The Balaban J connectivity index is 1.40. The van der Waals surface area contributed by atoms with Crippen molar-refractivity contribution in [1.82, 2.24) is 10.2 Å². The number of halogens is 1. The summed E-state index contributed by atoms with van der Waals surface area (Å²) in [5, 5.41) is 3.69. The van der Waals surface area contributed by atoms with Gasteiger partial charge in [-0.15, -0.1) is 0 Å². The van der Waals surface area contributed by atoms with Crippen LogP contribution in [0.3, 0.4) is 0 Å². The molecule has 2 fully saturated rings. The van der Waals surface area contributed by atoms with Gasteiger partial charge in [0.25, 0.3) is 0 Å².